The summed E-state index contributed by atoms with van der Waals surface area (Å²) in [5.41, 5.74) is 2.21. The molecule has 0 fully saturated rings. The molecule has 0 unspecified atom stereocenters. The molecule has 0 amide bonds. The van der Waals surface area contributed by atoms with Gasteiger partial charge in [0.2, 0.25) is 0 Å². The van der Waals surface area contributed by atoms with Crippen LogP contribution in [0.25, 0.3) is 20.8 Å². The number of phenols is 1. The van der Waals surface area contributed by atoms with E-state index in [-0.39, 0.29) is 5.75 Å². The predicted molar refractivity (Wildman–Crippen MR) is 78.0 cm³/mol. The van der Waals surface area contributed by atoms with Gasteiger partial charge in [-0.05, 0) is 36.4 Å². The van der Waals surface area contributed by atoms with Crippen LogP contribution >= 0.6 is 11.3 Å². The monoisotopic (exact) mass is 282 g/mol. The maximum Gasteiger partial charge on any atom is 0.130 e. The maximum absolute atomic E-state index is 9.50. The molecule has 0 spiro atoms. The molecule has 2 aromatic carbocycles. The second-order valence-electron chi connectivity index (χ2n) is 4.20. The number of nitriles is 1. The average Bonchev–Trinajstić information content (AvgIpc) is 2.89. The van der Waals surface area contributed by atoms with E-state index in [1.807, 2.05) is 6.07 Å². The van der Waals surface area contributed by atoms with Crippen LogP contribution in [0.2, 0.25) is 0 Å². The van der Waals surface area contributed by atoms with Crippen molar-refractivity contribution in [2.75, 3.05) is 7.11 Å². The molecular formula is C15H10N2O2S. The summed E-state index contributed by atoms with van der Waals surface area (Å²) in [5.74, 6) is 0.840. The molecule has 0 radical (unpaired) electrons. The van der Waals surface area contributed by atoms with Gasteiger partial charge in [-0.15, -0.1) is 11.3 Å². The minimum atomic E-state index is 0.222. The molecule has 0 saturated heterocycles. The molecule has 1 N–H and O–H groups in total. The Morgan fingerprint density at radius 3 is 2.85 bits per heavy atom. The Balaban J connectivity index is 2.17. The van der Waals surface area contributed by atoms with E-state index in [0.29, 0.717) is 11.3 Å². The van der Waals surface area contributed by atoms with Gasteiger partial charge in [-0.25, -0.2) is 4.98 Å². The summed E-state index contributed by atoms with van der Waals surface area (Å²) in [5, 5.41) is 19.2. The Hall–Kier alpha value is -2.58. The normalized spacial score (nSPS) is 10.4. The van der Waals surface area contributed by atoms with Crippen LogP contribution < -0.4 is 4.74 Å². The molecule has 1 heterocycles. The smallest absolute Gasteiger partial charge is 0.130 e. The third-order valence-electron chi connectivity index (χ3n) is 2.93. The van der Waals surface area contributed by atoms with E-state index in [1.165, 1.54) is 11.3 Å². The van der Waals surface area contributed by atoms with E-state index in [0.717, 1.165) is 20.8 Å². The zero-order chi connectivity index (χ0) is 14.1. The molecule has 20 heavy (non-hydrogen) atoms. The Morgan fingerprint density at radius 2 is 2.10 bits per heavy atom. The first-order valence-electron chi connectivity index (χ1n) is 5.89. The number of fused-ring (bicyclic) bond motifs is 1. The van der Waals surface area contributed by atoms with E-state index in [2.05, 4.69) is 11.1 Å². The molecule has 0 aliphatic carbocycles. The summed E-state index contributed by atoms with van der Waals surface area (Å²) in [6, 6.07) is 12.4. The fourth-order valence-corrected chi connectivity index (χ4v) is 2.99. The van der Waals surface area contributed by atoms with Crippen LogP contribution in [0.3, 0.4) is 0 Å². The number of thiazole rings is 1. The first kappa shape index (κ1) is 12.5. The van der Waals surface area contributed by atoms with Gasteiger partial charge in [-0.3, -0.25) is 0 Å². The summed E-state index contributed by atoms with van der Waals surface area (Å²) in [6.07, 6.45) is 0. The third kappa shape index (κ3) is 2.06. The number of ether oxygens (including phenoxy) is 1. The second-order valence-corrected chi connectivity index (χ2v) is 5.23. The van der Waals surface area contributed by atoms with E-state index >= 15 is 0 Å². The minimum Gasteiger partial charge on any atom is -0.508 e. The number of rotatable bonds is 2. The van der Waals surface area contributed by atoms with Crippen molar-refractivity contribution in [3.8, 4) is 28.1 Å². The van der Waals surface area contributed by atoms with Gasteiger partial charge in [-0.1, -0.05) is 0 Å². The third-order valence-corrected chi connectivity index (χ3v) is 3.98. The van der Waals surface area contributed by atoms with E-state index in [9.17, 15) is 5.11 Å². The Labute approximate surface area is 119 Å². The zero-order valence-corrected chi connectivity index (χ0v) is 11.4. The quantitative estimate of drug-likeness (QED) is 0.780. The van der Waals surface area contributed by atoms with Gasteiger partial charge < -0.3 is 9.84 Å². The van der Waals surface area contributed by atoms with Crippen molar-refractivity contribution in [2.24, 2.45) is 0 Å². The van der Waals surface area contributed by atoms with Gasteiger partial charge >= 0.3 is 0 Å². The molecule has 1 aromatic heterocycles. The van der Waals surface area contributed by atoms with Gasteiger partial charge in [-0.2, -0.15) is 5.26 Å². The van der Waals surface area contributed by atoms with Gasteiger partial charge in [0.25, 0.3) is 0 Å². The highest BCUT2D eigenvalue weighted by atomic mass is 32.1. The number of hydrogen-bond acceptors (Lipinski definition) is 5. The topological polar surface area (TPSA) is 66.1 Å². The van der Waals surface area contributed by atoms with Gasteiger partial charge in [0.15, 0.2) is 0 Å². The Bertz CT molecular complexity index is 833. The van der Waals surface area contributed by atoms with Gasteiger partial charge in [0.1, 0.15) is 16.5 Å². The predicted octanol–water partition coefficient (Wildman–Crippen LogP) is 3.55. The molecule has 3 aromatic rings. The summed E-state index contributed by atoms with van der Waals surface area (Å²) in [4.78, 5) is 4.53. The van der Waals surface area contributed by atoms with Crippen molar-refractivity contribution >= 4 is 21.6 Å². The molecule has 5 heteroatoms. The number of aromatic hydroxyl groups is 1. The first-order valence-corrected chi connectivity index (χ1v) is 6.71. The van der Waals surface area contributed by atoms with Crippen molar-refractivity contribution in [1.29, 1.82) is 5.26 Å². The summed E-state index contributed by atoms with van der Waals surface area (Å²) in [6.45, 7) is 0. The fraction of sp³-hybridized carbons (Fsp3) is 0.0667. The first-order chi connectivity index (χ1) is 9.71. The molecule has 0 bridgehead atoms. The molecule has 0 atom stereocenters. The van der Waals surface area contributed by atoms with E-state index in [4.69, 9.17) is 10.00 Å². The van der Waals surface area contributed by atoms with Crippen molar-refractivity contribution in [3.05, 3.63) is 42.0 Å². The Morgan fingerprint density at radius 1 is 1.25 bits per heavy atom. The minimum absolute atomic E-state index is 0.222. The molecule has 0 aliphatic rings. The average molecular weight is 282 g/mol. The highest BCUT2D eigenvalue weighted by Crippen LogP contribution is 2.37. The lowest BCUT2D eigenvalue weighted by Gasteiger charge is -2.05. The van der Waals surface area contributed by atoms with Gasteiger partial charge in [0.05, 0.1) is 34.5 Å². The molecule has 3 rings (SSSR count). The van der Waals surface area contributed by atoms with Crippen LogP contribution in [0.15, 0.2) is 36.4 Å². The van der Waals surface area contributed by atoms with Crippen LogP contribution in [0, 0.1) is 11.3 Å². The molecule has 0 aliphatic heterocycles. The lowest BCUT2D eigenvalue weighted by atomic mass is 10.1. The van der Waals surface area contributed by atoms with Crippen LogP contribution in [0.4, 0.5) is 0 Å². The fourth-order valence-electron chi connectivity index (χ4n) is 1.97. The van der Waals surface area contributed by atoms with Crippen molar-refractivity contribution < 1.29 is 9.84 Å². The zero-order valence-electron chi connectivity index (χ0n) is 10.6. The molecule has 4 nitrogen and oxygen atoms in total. The highest BCUT2D eigenvalue weighted by Gasteiger charge is 2.12. The number of aromatic nitrogens is 1. The van der Waals surface area contributed by atoms with Crippen molar-refractivity contribution in [1.82, 2.24) is 4.98 Å². The van der Waals surface area contributed by atoms with Gasteiger partial charge in [0, 0.05) is 0 Å². The Kier molecular flexibility index (Phi) is 3.01. The number of nitrogens with zero attached hydrogens (tertiary/aromatic N) is 2. The summed E-state index contributed by atoms with van der Waals surface area (Å²) in [7, 11) is 1.57. The van der Waals surface area contributed by atoms with E-state index < -0.39 is 0 Å². The lowest BCUT2D eigenvalue weighted by molar-refractivity contribution is 0.416. The van der Waals surface area contributed by atoms with E-state index in [1.54, 1.807) is 37.4 Å². The standard InChI is InChI=1S/C15H10N2O2S/c1-19-13-6-9(8-16)2-4-11(13)15-17-12-5-3-10(18)7-14(12)20-15/h2-7,18H,1H3. The highest BCUT2D eigenvalue weighted by molar-refractivity contribution is 7.21. The lowest BCUT2D eigenvalue weighted by Crippen LogP contribution is -1.88. The number of methoxy groups -OCH3 is 1. The summed E-state index contributed by atoms with van der Waals surface area (Å²) >= 11 is 1.47. The largest absolute Gasteiger partial charge is 0.508 e. The SMILES string of the molecule is COc1cc(C#N)ccc1-c1nc2ccc(O)cc2s1. The second kappa shape index (κ2) is 4.83. The number of benzene rings is 2. The van der Waals surface area contributed by atoms with Crippen LogP contribution in [0.5, 0.6) is 11.5 Å². The van der Waals surface area contributed by atoms with Crippen LogP contribution in [-0.2, 0) is 0 Å². The molecule has 98 valence electrons. The number of phenolic OH excluding ortho intramolecular Hbond substituents is 1. The number of hydrogen-bond donors (Lipinski definition) is 1. The molecule has 0 saturated carbocycles. The molecular weight excluding hydrogens is 272 g/mol. The maximum atomic E-state index is 9.50. The van der Waals surface area contributed by atoms with Crippen LogP contribution in [-0.4, -0.2) is 17.2 Å². The summed E-state index contributed by atoms with van der Waals surface area (Å²) < 4.78 is 6.24. The van der Waals surface area contributed by atoms with Crippen LogP contribution in [0.1, 0.15) is 5.56 Å². The van der Waals surface area contributed by atoms with Crippen molar-refractivity contribution in [3.63, 3.8) is 0 Å². The van der Waals surface area contributed by atoms with Crippen molar-refractivity contribution in [2.45, 2.75) is 0 Å².